The molecule has 3 rings (SSSR count). The van der Waals surface area contributed by atoms with Crippen LogP contribution < -0.4 is 0 Å². The molecule has 0 nitrogen and oxygen atoms in total. The minimum absolute atomic E-state index is 0.401. The summed E-state index contributed by atoms with van der Waals surface area (Å²) in [6.45, 7) is 6.83. The van der Waals surface area contributed by atoms with E-state index in [4.69, 9.17) is 0 Å². The minimum atomic E-state index is 0.401. The molecule has 0 radical (unpaired) electrons. The average molecular weight is 314 g/mol. The zero-order valence-corrected chi connectivity index (χ0v) is 14.9. The van der Waals surface area contributed by atoms with Crippen molar-refractivity contribution in [2.75, 3.05) is 0 Å². The Labute approximate surface area is 146 Å². The van der Waals surface area contributed by atoms with Gasteiger partial charge in [0.2, 0.25) is 0 Å². The van der Waals surface area contributed by atoms with E-state index in [1.165, 1.54) is 27.8 Å². The summed E-state index contributed by atoms with van der Waals surface area (Å²) >= 11 is 0. The number of benzene rings is 3. The van der Waals surface area contributed by atoms with Gasteiger partial charge in [-0.3, -0.25) is 0 Å². The largest absolute Gasteiger partial charge is 0.0622 e. The minimum Gasteiger partial charge on any atom is -0.0622 e. The van der Waals surface area contributed by atoms with Crippen LogP contribution in [0.25, 0.3) is 0 Å². The molecule has 0 aliphatic rings. The van der Waals surface area contributed by atoms with E-state index >= 15 is 0 Å². The maximum atomic E-state index is 2.32. The normalized spacial score (nSPS) is 13.5. The van der Waals surface area contributed by atoms with Gasteiger partial charge in [0.15, 0.2) is 0 Å². The van der Waals surface area contributed by atoms with Gasteiger partial charge in [-0.1, -0.05) is 99.6 Å². The first kappa shape index (κ1) is 16.5. The van der Waals surface area contributed by atoms with E-state index in [9.17, 15) is 0 Å². The van der Waals surface area contributed by atoms with Gasteiger partial charge in [-0.25, -0.2) is 0 Å². The van der Waals surface area contributed by atoms with Gasteiger partial charge >= 0.3 is 0 Å². The Hall–Kier alpha value is -2.34. The molecule has 0 saturated carbocycles. The highest BCUT2D eigenvalue weighted by Crippen LogP contribution is 2.34. The van der Waals surface area contributed by atoms with Gasteiger partial charge in [0, 0.05) is 11.8 Å². The second-order valence-electron chi connectivity index (χ2n) is 6.58. The molecule has 2 atom stereocenters. The average Bonchev–Trinajstić information content (AvgIpc) is 2.67. The lowest BCUT2D eigenvalue weighted by Crippen LogP contribution is -2.05. The molecule has 0 N–H and O–H groups in total. The fourth-order valence-corrected chi connectivity index (χ4v) is 3.44. The fourth-order valence-electron chi connectivity index (χ4n) is 3.44. The van der Waals surface area contributed by atoms with Gasteiger partial charge in [-0.2, -0.15) is 0 Å². The third kappa shape index (κ3) is 3.43. The molecule has 0 aliphatic carbocycles. The summed E-state index contributed by atoms with van der Waals surface area (Å²) in [4.78, 5) is 0. The predicted molar refractivity (Wildman–Crippen MR) is 104 cm³/mol. The second-order valence-corrected chi connectivity index (χ2v) is 6.58. The Morgan fingerprint density at radius 1 is 0.583 bits per heavy atom. The molecular formula is C24H26. The van der Waals surface area contributed by atoms with Crippen molar-refractivity contribution in [1.82, 2.24) is 0 Å². The quantitative estimate of drug-likeness (QED) is 0.500. The Morgan fingerprint density at radius 2 is 1.04 bits per heavy atom. The van der Waals surface area contributed by atoms with Gasteiger partial charge in [-0.05, 0) is 34.2 Å². The maximum Gasteiger partial charge on any atom is 0.00639 e. The lowest BCUT2D eigenvalue weighted by Gasteiger charge is -2.22. The molecule has 0 heterocycles. The van der Waals surface area contributed by atoms with Crippen molar-refractivity contribution in [3.05, 3.63) is 107 Å². The molecular weight excluding hydrogens is 288 g/mol. The van der Waals surface area contributed by atoms with Crippen molar-refractivity contribution < 1.29 is 0 Å². The SMILES string of the molecule is CCc1ccc([C@H](C)c2ccccc2[C@@H](C)c2ccccc2)cc1. The third-order valence-corrected chi connectivity index (χ3v) is 5.12. The van der Waals surface area contributed by atoms with Crippen LogP contribution in [0.5, 0.6) is 0 Å². The van der Waals surface area contributed by atoms with Crippen molar-refractivity contribution in [2.24, 2.45) is 0 Å². The standard InChI is InChI=1S/C24H26/c1-4-20-14-16-22(17-15-20)19(3)24-13-9-8-12-23(24)18(2)21-10-6-5-7-11-21/h5-19H,4H2,1-3H3/t18-,19-/m0/s1. The van der Waals surface area contributed by atoms with Crippen LogP contribution in [0.1, 0.15) is 60.4 Å². The van der Waals surface area contributed by atoms with Gasteiger partial charge < -0.3 is 0 Å². The van der Waals surface area contributed by atoms with Crippen LogP contribution in [-0.2, 0) is 6.42 Å². The van der Waals surface area contributed by atoms with Crippen LogP contribution in [0.2, 0.25) is 0 Å². The van der Waals surface area contributed by atoms with E-state index in [-0.39, 0.29) is 0 Å². The molecule has 3 aromatic carbocycles. The Morgan fingerprint density at radius 3 is 1.54 bits per heavy atom. The summed E-state index contributed by atoms with van der Waals surface area (Å²) in [5.41, 5.74) is 7.02. The van der Waals surface area contributed by atoms with E-state index in [1.54, 1.807) is 0 Å². The molecule has 0 unspecified atom stereocenters. The van der Waals surface area contributed by atoms with Crippen molar-refractivity contribution in [3.8, 4) is 0 Å². The highest BCUT2D eigenvalue weighted by atomic mass is 14.2. The molecule has 0 aromatic heterocycles. The fraction of sp³-hybridized carbons (Fsp3) is 0.250. The summed E-state index contributed by atoms with van der Waals surface area (Å²) in [5, 5.41) is 0. The summed E-state index contributed by atoms with van der Waals surface area (Å²) in [6, 6.07) is 28.8. The topological polar surface area (TPSA) is 0 Å². The lowest BCUT2D eigenvalue weighted by molar-refractivity contribution is 0.842. The van der Waals surface area contributed by atoms with Crippen LogP contribution in [-0.4, -0.2) is 0 Å². The Balaban J connectivity index is 1.96. The number of hydrogen-bond acceptors (Lipinski definition) is 0. The molecule has 0 saturated heterocycles. The van der Waals surface area contributed by atoms with Gasteiger partial charge in [0.05, 0.1) is 0 Å². The monoisotopic (exact) mass is 314 g/mol. The molecule has 0 bridgehead atoms. The molecule has 0 amide bonds. The van der Waals surface area contributed by atoms with E-state index in [1.807, 2.05) is 0 Å². The predicted octanol–water partition coefficient (Wildman–Crippen LogP) is 6.55. The molecule has 0 aliphatic heterocycles. The van der Waals surface area contributed by atoms with Crippen LogP contribution in [0, 0.1) is 0 Å². The van der Waals surface area contributed by atoms with Crippen molar-refractivity contribution in [1.29, 1.82) is 0 Å². The van der Waals surface area contributed by atoms with E-state index in [0.29, 0.717) is 11.8 Å². The van der Waals surface area contributed by atoms with Crippen LogP contribution >= 0.6 is 0 Å². The van der Waals surface area contributed by atoms with Crippen LogP contribution in [0.4, 0.5) is 0 Å². The summed E-state index contributed by atoms with van der Waals surface area (Å²) in [5.74, 6) is 0.804. The molecule has 0 heteroatoms. The zero-order chi connectivity index (χ0) is 16.9. The molecule has 0 spiro atoms. The highest BCUT2D eigenvalue weighted by molar-refractivity contribution is 5.43. The molecule has 24 heavy (non-hydrogen) atoms. The van der Waals surface area contributed by atoms with Crippen molar-refractivity contribution in [3.63, 3.8) is 0 Å². The zero-order valence-electron chi connectivity index (χ0n) is 14.9. The second kappa shape index (κ2) is 7.49. The smallest absolute Gasteiger partial charge is 0.00639 e. The van der Waals surface area contributed by atoms with Crippen LogP contribution in [0.3, 0.4) is 0 Å². The summed E-state index contributed by atoms with van der Waals surface area (Å²) in [6.07, 6.45) is 1.09. The van der Waals surface area contributed by atoms with E-state index in [2.05, 4.69) is 99.6 Å². The first-order chi connectivity index (χ1) is 11.7. The maximum absolute atomic E-state index is 2.32. The Bertz CT molecular complexity index is 769. The number of hydrogen-bond donors (Lipinski definition) is 0. The van der Waals surface area contributed by atoms with Crippen LogP contribution in [0.15, 0.2) is 78.9 Å². The summed E-state index contributed by atoms with van der Waals surface area (Å²) < 4.78 is 0. The first-order valence-corrected chi connectivity index (χ1v) is 8.93. The van der Waals surface area contributed by atoms with Gasteiger partial charge in [0.1, 0.15) is 0 Å². The van der Waals surface area contributed by atoms with Crippen molar-refractivity contribution >= 4 is 0 Å². The van der Waals surface area contributed by atoms with Gasteiger partial charge in [-0.15, -0.1) is 0 Å². The van der Waals surface area contributed by atoms with Gasteiger partial charge in [0.25, 0.3) is 0 Å². The Kier molecular flexibility index (Phi) is 5.15. The van der Waals surface area contributed by atoms with Crippen molar-refractivity contribution in [2.45, 2.75) is 39.0 Å². The third-order valence-electron chi connectivity index (χ3n) is 5.12. The molecule has 0 fully saturated rings. The molecule has 122 valence electrons. The molecule has 3 aromatic rings. The van der Waals surface area contributed by atoms with E-state index in [0.717, 1.165) is 6.42 Å². The highest BCUT2D eigenvalue weighted by Gasteiger charge is 2.17. The first-order valence-electron chi connectivity index (χ1n) is 8.93. The number of aryl methyl sites for hydroxylation is 1. The summed E-state index contributed by atoms with van der Waals surface area (Å²) in [7, 11) is 0. The number of rotatable bonds is 5. The van der Waals surface area contributed by atoms with E-state index < -0.39 is 0 Å². The lowest BCUT2D eigenvalue weighted by atomic mass is 9.83.